The van der Waals surface area contributed by atoms with Crippen molar-refractivity contribution in [3.8, 4) is 0 Å². The Balaban J connectivity index is 1.18. The number of benzene rings is 2. The predicted octanol–water partition coefficient (Wildman–Crippen LogP) is 4.18. The summed E-state index contributed by atoms with van der Waals surface area (Å²) in [6, 6.07) is 21.6. The molecule has 3 heteroatoms. The summed E-state index contributed by atoms with van der Waals surface area (Å²) in [6.45, 7) is 3.29. The van der Waals surface area contributed by atoms with Gasteiger partial charge in [0, 0.05) is 38.1 Å². The Kier molecular flexibility index (Phi) is 5.37. The van der Waals surface area contributed by atoms with E-state index in [0.29, 0.717) is 31.3 Å². The van der Waals surface area contributed by atoms with Crippen molar-refractivity contribution in [2.24, 2.45) is 0 Å². The van der Waals surface area contributed by atoms with E-state index in [9.17, 15) is 0 Å². The topological polar surface area (TPSA) is 15.3 Å². The van der Waals surface area contributed by atoms with Gasteiger partial charge in [-0.3, -0.25) is 0 Å². The first-order chi connectivity index (χ1) is 12.7. The molecule has 2 aliphatic rings. The van der Waals surface area contributed by atoms with E-state index in [0.717, 1.165) is 32.5 Å². The number of hydrogen-bond acceptors (Lipinski definition) is 2. The minimum atomic E-state index is -1.03. The fourth-order valence-corrected chi connectivity index (χ4v) is 4.09. The minimum Gasteiger partial charge on any atom is -0.310 e. The lowest BCUT2D eigenvalue weighted by atomic mass is 9.93. The predicted molar refractivity (Wildman–Crippen MR) is 105 cm³/mol. The molecule has 2 aromatic carbocycles. The van der Waals surface area contributed by atoms with E-state index in [-0.39, 0.29) is 0 Å². The standard InChI is InChI=1S/C23H29FN2/c24-23(18-25-22-17-21(22)20-9-5-2-6-10-20)12-15-26(16-13-23)14-11-19-7-3-1-4-8-19/h1-10,21-22,25H,11-18H2. The Labute approximate surface area is 156 Å². The molecule has 1 aliphatic heterocycles. The number of nitrogens with one attached hydrogen (secondary N) is 1. The van der Waals surface area contributed by atoms with Gasteiger partial charge in [0.15, 0.2) is 0 Å². The van der Waals surface area contributed by atoms with E-state index in [1.165, 1.54) is 11.1 Å². The smallest absolute Gasteiger partial charge is 0.125 e. The van der Waals surface area contributed by atoms with Crippen molar-refractivity contribution in [2.45, 2.75) is 43.3 Å². The van der Waals surface area contributed by atoms with Crippen LogP contribution in [-0.2, 0) is 6.42 Å². The molecule has 2 unspecified atom stereocenters. The first-order valence-corrected chi connectivity index (χ1v) is 9.95. The Hall–Kier alpha value is -1.71. The van der Waals surface area contributed by atoms with Crippen LogP contribution in [0.4, 0.5) is 4.39 Å². The van der Waals surface area contributed by atoms with E-state index in [4.69, 9.17) is 0 Å². The van der Waals surface area contributed by atoms with Gasteiger partial charge in [-0.2, -0.15) is 0 Å². The van der Waals surface area contributed by atoms with E-state index >= 15 is 4.39 Å². The highest BCUT2D eigenvalue weighted by Gasteiger charge is 2.41. The Morgan fingerprint density at radius 2 is 1.62 bits per heavy atom. The van der Waals surface area contributed by atoms with Crippen molar-refractivity contribution >= 4 is 0 Å². The summed E-state index contributed by atoms with van der Waals surface area (Å²) < 4.78 is 15.1. The maximum atomic E-state index is 15.1. The zero-order chi connectivity index (χ0) is 17.8. The third kappa shape index (κ3) is 4.52. The summed E-state index contributed by atoms with van der Waals surface area (Å²) in [5, 5.41) is 3.49. The maximum absolute atomic E-state index is 15.1. The summed E-state index contributed by atoms with van der Waals surface area (Å²) in [5.41, 5.74) is 1.72. The minimum absolute atomic E-state index is 0.459. The van der Waals surface area contributed by atoms with Gasteiger partial charge in [0.2, 0.25) is 0 Å². The second-order valence-electron chi connectivity index (χ2n) is 7.97. The Morgan fingerprint density at radius 1 is 0.962 bits per heavy atom. The van der Waals surface area contributed by atoms with Gasteiger partial charge in [-0.1, -0.05) is 60.7 Å². The fraction of sp³-hybridized carbons (Fsp3) is 0.478. The molecule has 2 aromatic rings. The zero-order valence-electron chi connectivity index (χ0n) is 15.4. The molecular formula is C23H29FN2. The summed E-state index contributed by atoms with van der Waals surface area (Å²) in [4.78, 5) is 2.41. The molecule has 0 bridgehead atoms. The van der Waals surface area contributed by atoms with E-state index in [1.54, 1.807) is 0 Å². The van der Waals surface area contributed by atoms with Crippen LogP contribution in [0.1, 0.15) is 36.3 Å². The SMILES string of the molecule is FC1(CNC2CC2c2ccccc2)CCN(CCc2ccccc2)CC1. The second-order valence-corrected chi connectivity index (χ2v) is 7.97. The van der Waals surface area contributed by atoms with Gasteiger partial charge in [-0.05, 0) is 36.8 Å². The molecule has 0 spiro atoms. The monoisotopic (exact) mass is 352 g/mol. The van der Waals surface area contributed by atoms with Crippen LogP contribution in [0, 0.1) is 0 Å². The zero-order valence-corrected chi connectivity index (χ0v) is 15.4. The van der Waals surface area contributed by atoms with Crippen LogP contribution >= 0.6 is 0 Å². The summed E-state index contributed by atoms with van der Waals surface area (Å²) >= 11 is 0. The van der Waals surface area contributed by atoms with Crippen molar-refractivity contribution < 1.29 is 4.39 Å². The van der Waals surface area contributed by atoms with E-state index < -0.39 is 5.67 Å². The number of halogens is 1. The van der Waals surface area contributed by atoms with Crippen LogP contribution in [0.5, 0.6) is 0 Å². The largest absolute Gasteiger partial charge is 0.310 e. The number of alkyl halides is 1. The lowest BCUT2D eigenvalue weighted by Crippen LogP contribution is -2.48. The molecule has 2 atom stereocenters. The molecule has 0 amide bonds. The molecule has 0 aromatic heterocycles. The molecule has 1 saturated heterocycles. The van der Waals surface area contributed by atoms with Gasteiger partial charge >= 0.3 is 0 Å². The number of nitrogens with zero attached hydrogens (tertiary/aromatic N) is 1. The van der Waals surface area contributed by atoms with Crippen LogP contribution < -0.4 is 5.32 Å². The molecule has 1 saturated carbocycles. The van der Waals surface area contributed by atoms with Gasteiger partial charge in [0.1, 0.15) is 5.67 Å². The molecule has 2 nitrogen and oxygen atoms in total. The van der Waals surface area contributed by atoms with Crippen molar-refractivity contribution in [1.29, 1.82) is 0 Å². The van der Waals surface area contributed by atoms with Gasteiger partial charge < -0.3 is 10.2 Å². The highest BCUT2D eigenvalue weighted by molar-refractivity contribution is 5.27. The summed E-state index contributed by atoms with van der Waals surface area (Å²) in [5.74, 6) is 0.575. The van der Waals surface area contributed by atoms with E-state index in [1.807, 2.05) is 0 Å². The number of rotatable bonds is 7. The van der Waals surface area contributed by atoms with Crippen LogP contribution in [-0.4, -0.2) is 42.8 Å². The molecule has 1 aliphatic carbocycles. The third-order valence-corrected chi connectivity index (χ3v) is 6.01. The van der Waals surface area contributed by atoms with Crippen molar-refractivity contribution in [1.82, 2.24) is 10.2 Å². The van der Waals surface area contributed by atoms with Crippen LogP contribution in [0.2, 0.25) is 0 Å². The van der Waals surface area contributed by atoms with Crippen molar-refractivity contribution in [3.05, 3.63) is 71.8 Å². The summed E-state index contributed by atoms with van der Waals surface area (Å²) in [7, 11) is 0. The molecule has 4 rings (SSSR count). The number of likely N-dealkylation sites (tertiary alicyclic amines) is 1. The number of piperidine rings is 1. The van der Waals surface area contributed by atoms with Gasteiger partial charge in [-0.15, -0.1) is 0 Å². The highest BCUT2D eigenvalue weighted by Crippen LogP contribution is 2.41. The molecular weight excluding hydrogens is 323 g/mol. The van der Waals surface area contributed by atoms with Crippen LogP contribution in [0.25, 0.3) is 0 Å². The maximum Gasteiger partial charge on any atom is 0.125 e. The first kappa shape index (κ1) is 17.7. The molecule has 1 heterocycles. The van der Waals surface area contributed by atoms with Crippen LogP contribution in [0.15, 0.2) is 60.7 Å². The summed E-state index contributed by atoms with van der Waals surface area (Å²) in [6.07, 6.45) is 3.50. The van der Waals surface area contributed by atoms with Crippen LogP contribution in [0.3, 0.4) is 0 Å². The lowest BCUT2D eigenvalue weighted by Gasteiger charge is -2.36. The molecule has 2 fully saturated rings. The average Bonchev–Trinajstić information content (AvgIpc) is 3.48. The fourth-order valence-electron chi connectivity index (χ4n) is 4.09. The van der Waals surface area contributed by atoms with E-state index in [2.05, 4.69) is 70.9 Å². The highest BCUT2D eigenvalue weighted by atomic mass is 19.1. The Bertz CT molecular complexity index is 680. The van der Waals surface area contributed by atoms with Crippen molar-refractivity contribution in [3.63, 3.8) is 0 Å². The Morgan fingerprint density at radius 3 is 2.31 bits per heavy atom. The second kappa shape index (κ2) is 7.89. The lowest BCUT2D eigenvalue weighted by molar-refractivity contribution is 0.0582. The molecule has 1 N–H and O–H groups in total. The molecule has 26 heavy (non-hydrogen) atoms. The van der Waals surface area contributed by atoms with Crippen molar-refractivity contribution in [2.75, 3.05) is 26.2 Å². The van der Waals surface area contributed by atoms with Gasteiger partial charge in [0.05, 0.1) is 0 Å². The average molecular weight is 352 g/mol. The molecule has 138 valence electrons. The normalized spacial score (nSPS) is 25.1. The number of hydrogen-bond donors (Lipinski definition) is 1. The van der Waals surface area contributed by atoms with Gasteiger partial charge in [-0.25, -0.2) is 4.39 Å². The van der Waals surface area contributed by atoms with Gasteiger partial charge in [0.25, 0.3) is 0 Å². The first-order valence-electron chi connectivity index (χ1n) is 9.95. The third-order valence-electron chi connectivity index (χ3n) is 6.01. The quantitative estimate of drug-likeness (QED) is 0.804. The molecule has 0 radical (unpaired) electrons.